The van der Waals surface area contributed by atoms with E-state index in [0.29, 0.717) is 32.2 Å². The lowest BCUT2D eigenvalue weighted by Crippen LogP contribution is -2.13. The highest BCUT2D eigenvalue weighted by atomic mass is 79.9. The lowest BCUT2D eigenvalue weighted by atomic mass is 10.1. The van der Waals surface area contributed by atoms with Crippen molar-refractivity contribution in [1.82, 2.24) is 0 Å². The molecule has 0 fully saturated rings. The van der Waals surface area contributed by atoms with Gasteiger partial charge in [0, 0.05) is 10.7 Å². The van der Waals surface area contributed by atoms with Crippen LogP contribution < -0.4 is 14.8 Å². The van der Waals surface area contributed by atoms with Crippen LogP contribution >= 0.6 is 27.5 Å². The molecular formula is C18H14BrClN2O3. The van der Waals surface area contributed by atoms with Crippen LogP contribution in [-0.4, -0.2) is 20.1 Å². The number of amides is 1. The second-order valence-corrected chi connectivity index (χ2v) is 6.16. The third-order valence-electron chi connectivity index (χ3n) is 3.23. The predicted molar refractivity (Wildman–Crippen MR) is 101 cm³/mol. The summed E-state index contributed by atoms with van der Waals surface area (Å²) in [6, 6.07) is 11.9. The van der Waals surface area contributed by atoms with E-state index in [-0.39, 0.29) is 5.57 Å². The molecule has 0 heterocycles. The summed E-state index contributed by atoms with van der Waals surface area (Å²) in [5, 5.41) is 12.5. The van der Waals surface area contributed by atoms with Crippen LogP contribution in [0.25, 0.3) is 6.08 Å². The number of nitriles is 1. The Balaban J connectivity index is 2.30. The van der Waals surface area contributed by atoms with E-state index in [0.717, 1.165) is 0 Å². The van der Waals surface area contributed by atoms with Crippen molar-refractivity contribution >= 4 is 45.2 Å². The Morgan fingerprint density at radius 2 is 1.92 bits per heavy atom. The van der Waals surface area contributed by atoms with E-state index >= 15 is 0 Å². The van der Waals surface area contributed by atoms with Crippen LogP contribution in [0.3, 0.4) is 0 Å². The molecule has 25 heavy (non-hydrogen) atoms. The minimum atomic E-state index is -0.518. The first-order valence-electron chi connectivity index (χ1n) is 7.08. The third-order valence-corrected chi connectivity index (χ3v) is 4.08. The van der Waals surface area contributed by atoms with Gasteiger partial charge >= 0.3 is 0 Å². The van der Waals surface area contributed by atoms with E-state index in [1.807, 2.05) is 6.07 Å². The van der Waals surface area contributed by atoms with Crippen molar-refractivity contribution in [3.63, 3.8) is 0 Å². The van der Waals surface area contributed by atoms with Crippen molar-refractivity contribution < 1.29 is 14.3 Å². The van der Waals surface area contributed by atoms with Crippen molar-refractivity contribution in [3.8, 4) is 17.6 Å². The molecular weight excluding hydrogens is 408 g/mol. The lowest BCUT2D eigenvalue weighted by molar-refractivity contribution is -0.112. The monoisotopic (exact) mass is 420 g/mol. The number of benzene rings is 2. The van der Waals surface area contributed by atoms with Crippen LogP contribution in [0.1, 0.15) is 5.56 Å². The number of hydrogen-bond donors (Lipinski definition) is 1. The zero-order chi connectivity index (χ0) is 18.4. The lowest BCUT2D eigenvalue weighted by Gasteiger charge is -2.10. The second kappa shape index (κ2) is 8.56. The molecule has 0 aliphatic rings. The molecule has 7 heteroatoms. The summed E-state index contributed by atoms with van der Waals surface area (Å²) in [5.41, 5.74) is 1.12. The van der Waals surface area contributed by atoms with Crippen LogP contribution in [0.15, 0.2) is 46.4 Å². The molecule has 0 unspecified atom stereocenters. The summed E-state index contributed by atoms with van der Waals surface area (Å²) in [4.78, 5) is 12.3. The van der Waals surface area contributed by atoms with E-state index in [9.17, 15) is 10.1 Å². The highest BCUT2D eigenvalue weighted by Crippen LogP contribution is 2.36. The van der Waals surface area contributed by atoms with Gasteiger partial charge in [-0.3, -0.25) is 4.79 Å². The molecule has 2 aromatic carbocycles. The largest absolute Gasteiger partial charge is 0.493 e. The fourth-order valence-electron chi connectivity index (χ4n) is 2.07. The quantitative estimate of drug-likeness (QED) is 0.563. The SMILES string of the molecule is COc1cc(/C=C(/C#N)C(=O)Nc2ccc(Cl)cc2)cc(Br)c1OC. The molecule has 0 saturated carbocycles. The second-order valence-electron chi connectivity index (χ2n) is 4.87. The number of hydrogen-bond acceptors (Lipinski definition) is 4. The number of nitrogens with zero attached hydrogens (tertiary/aromatic N) is 1. The van der Waals surface area contributed by atoms with Gasteiger partial charge in [-0.05, 0) is 64.0 Å². The normalized spacial score (nSPS) is 10.8. The van der Waals surface area contributed by atoms with E-state index in [1.165, 1.54) is 20.3 Å². The maximum absolute atomic E-state index is 12.3. The van der Waals surface area contributed by atoms with Gasteiger partial charge in [0.05, 0.1) is 18.7 Å². The van der Waals surface area contributed by atoms with Gasteiger partial charge in [0.1, 0.15) is 11.6 Å². The summed E-state index contributed by atoms with van der Waals surface area (Å²) >= 11 is 9.19. The molecule has 0 aromatic heterocycles. The molecule has 128 valence electrons. The van der Waals surface area contributed by atoms with E-state index in [1.54, 1.807) is 36.4 Å². The summed E-state index contributed by atoms with van der Waals surface area (Å²) in [5.74, 6) is 0.498. The standard InChI is InChI=1S/C18H14BrClN2O3/c1-24-16-9-11(8-15(19)17(16)25-2)7-12(10-21)18(23)22-14-5-3-13(20)4-6-14/h3-9H,1-2H3,(H,22,23)/b12-7-. The maximum Gasteiger partial charge on any atom is 0.266 e. The first kappa shape index (κ1) is 18.8. The Hall–Kier alpha value is -2.49. The van der Waals surface area contributed by atoms with Crippen LogP contribution in [0.2, 0.25) is 5.02 Å². The number of carbonyl (C=O) groups is 1. The zero-order valence-electron chi connectivity index (χ0n) is 13.5. The Bertz CT molecular complexity index is 858. The summed E-state index contributed by atoms with van der Waals surface area (Å²) < 4.78 is 11.2. The summed E-state index contributed by atoms with van der Waals surface area (Å²) in [6.07, 6.45) is 1.47. The number of methoxy groups -OCH3 is 2. The van der Waals surface area contributed by atoms with Gasteiger partial charge in [-0.25, -0.2) is 0 Å². The molecule has 5 nitrogen and oxygen atoms in total. The van der Waals surface area contributed by atoms with Crippen molar-refractivity contribution in [3.05, 3.63) is 57.0 Å². The average molecular weight is 422 g/mol. The molecule has 0 saturated heterocycles. The Labute approximate surface area is 158 Å². The molecule has 0 atom stereocenters. The number of ether oxygens (including phenoxy) is 2. The van der Waals surface area contributed by atoms with Crippen molar-refractivity contribution in [2.45, 2.75) is 0 Å². The molecule has 2 rings (SSSR count). The van der Waals surface area contributed by atoms with Crippen LogP contribution in [0.4, 0.5) is 5.69 Å². The van der Waals surface area contributed by atoms with Crippen molar-refractivity contribution in [1.29, 1.82) is 5.26 Å². The molecule has 1 amide bonds. The van der Waals surface area contributed by atoms with E-state index < -0.39 is 5.91 Å². The Morgan fingerprint density at radius 1 is 1.24 bits per heavy atom. The number of carbonyl (C=O) groups excluding carboxylic acids is 1. The first-order valence-corrected chi connectivity index (χ1v) is 8.25. The first-order chi connectivity index (χ1) is 12.0. The van der Waals surface area contributed by atoms with Gasteiger partial charge in [0.2, 0.25) is 0 Å². The smallest absolute Gasteiger partial charge is 0.266 e. The number of halogens is 2. The third kappa shape index (κ3) is 4.75. The predicted octanol–water partition coefficient (Wildman–Crippen LogP) is 4.67. The molecule has 0 spiro atoms. The van der Waals surface area contributed by atoms with E-state index in [2.05, 4.69) is 21.2 Å². The fourth-order valence-corrected chi connectivity index (χ4v) is 2.82. The van der Waals surface area contributed by atoms with Crippen LogP contribution in [0, 0.1) is 11.3 Å². The maximum atomic E-state index is 12.3. The summed E-state index contributed by atoms with van der Waals surface area (Å²) in [7, 11) is 3.04. The van der Waals surface area contributed by atoms with Gasteiger partial charge in [-0.2, -0.15) is 5.26 Å². The zero-order valence-corrected chi connectivity index (χ0v) is 15.8. The van der Waals surface area contributed by atoms with Gasteiger partial charge in [-0.1, -0.05) is 11.6 Å². The number of nitrogens with one attached hydrogen (secondary N) is 1. The highest BCUT2D eigenvalue weighted by molar-refractivity contribution is 9.10. The minimum absolute atomic E-state index is 0.0472. The molecule has 0 aliphatic carbocycles. The molecule has 0 bridgehead atoms. The molecule has 0 aliphatic heterocycles. The average Bonchev–Trinajstić information content (AvgIpc) is 2.60. The topological polar surface area (TPSA) is 71.3 Å². The van der Waals surface area contributed by atoms with Crippen molar-refractivity contribution in [2.24, 2.45) is 0 Å². The highest BCUT2D eigenvalue weighted by Gasteiger charge is 2.13. The number of rotatable bonds is 5. The van der Waals surface area contributed by atoms with Gasteiger partial charge in [-0.15, -0.1) is 0 Å². The van der Waals surface area contributed by atoms with Crippen molar-refractivity contribution in [2.75, 3.05) is 19.5 Å². The minimum Gasteiger partial charge on any atom is -0.493 e. The van der Waals surface area contributed by atoms with Gasteiger partial charge in [0.15, 0.2) is 11.5 Å². The molecule has 2 aromatic rings. The van der Waals surface area contributed by atoms with E-state index in [4.69, 9.17) is 21.1 Å². The summed E-state index contributed by atoms with van der Waals surface area (Å²) in [6.45, 7) is 0. The molecule has 0 radical (unpaired) electrons. The number of anilines is 1. The van der Waals surface area contributed by atoms with Gasteiger partial charge < -0.3 is 14.8 Å². The Morgan fingerprint density at radius 3 is 2.48 bits per heavy atom. The fraction of sp³-hybridized carbons (Fsp3) is 0.111. The molecule has 1 N–H and O–H groups in total. The van der Waals surface area contributed by atoms with Gasteiger partial charge in [0.25, 0.3) is 5.91 Å². The van der Waals surface area contributed by atoms with Crippen LogP contribution in [0.5, 0.6) is 11.5 Å². The Kier molecular flexibility index (Phi) is 6.45. The van der Waals surface area contributed by atoms with Crippen LogP contribution in [-0.2, 0) is 4.79 Å².